The molecule has 2 rings (SSSR count). The highest BCUT2D eigenvalue weighted by atomic mass is 35.5. The van der Waals surface area contributed by atoms with Crippen LogP contribution in [-0.2, 0) is 4.79 Å². The van der Waals surface area contributed by atoms with E-state index in [0.717, 1.165) is 4.90 Å². The third-order valence-electron chi connectivity index (χ3n) is 3.16. The Balaban J connectivity index is 2.07. The number of rotatable bonds is 6. The van der Waals surface area contributed by atoms with Gasteiger partial charge in [-0.1, -0.05) is 11.6 Å². The van der Waals surface area contributed by atoms with Gasteiger partial charge in [-0.2, -0.15) is 0 Å². The molecule has 0 fully saturated rings. The molecule has 23 heavy (non-hydrogen) atoms. The van der Waals surface area contributed by atoms with Crippen molar-refractivity contribution < 1.29 is 14.3 Å². The summed E-state index contributed by atoms with van der Waals surface area (Å²) in [4.78, 5) is 13.4. The van der Waals surface area contributed by atoms with Crippen LogP contribution in [0.5, 0.6) is 11.5 Å². The number of hydrogen-bond acceptors (Lipinski definition) is 4. The molecule has 2 aromatic rings. The van der Waals surface area contributed by atoms with Crippen molar-refractivity contribution in [2.75, 3.05) is 19.5 Å². The Morgan fingerprint density at radius 3 is 2.43 bits per heavy atom. The number of halogens is 1. The van der Waals surface area contributed by atoms with Crippen molar-refractivity contribution in [3.8, 4) is 11.5 Å². The van der Waals surface area contributed by atoms with E-state index in [1.54, 1.807) is 44.6 Å². The smallest absolute Gasteiger partial charge is 0.237 e. The maximum atomic E-state index is 12.4. The topological polar surface area (TPSA) is 47.6 Å². The monoisotopic (exact) mass is 351 g/mol. The minimum absolute atomic E-state index is 0.114. The van der Waals surface area contributed by atoms with Gasteiger partial charge in [0.05, 0.1) is 25.2 Å². The molecule has 0 aliphatic rings. The molecule has 1 N–H and O–H groups in total. The lowest BCUT2D eigenvalue weighted by Crippen LogP contribution is -2.22. The van der Waals surface area contributed by atoms with Crippen molar-refractivity contribution in [1.29, 1.82) is 0 Å². The number of carbonyl (C=O) groups is 1. The first-order valence-corrected chi connectivity index (χ1v) is 8.24. The van der Waals surface area contributed by atoms with Crippen LogP contribution in [0.3, 0.4) is 0 Å². The van der Waals surface area contributed by atoms with Crippen LogP contribution in [0.25, 0.3) is 0 Å². The number of thioether (sulfide) groups is 1. The summed E-state index contributed by atoms with van der Waals surface area (Å²) in [5.74, 6) is 1.12. The van der Waals surface area contributed by atoms with E-state index in [9.17, 15) is 4.79 Å². The van der Waals surface area contributed by atoms with Gasteiger partial charge in [0.15, 0.2) is 0 Å². The molecular formula is C17H18ClNO3S. The highest BCUT2D eigenvalue weighted by Gasteiger charge is 2.17. The Bertz CT molecular complexity index is 676. The predicted octanol–water partition coefficient (Wildman–Crippen LogP) is 4.48. The summed E-state index contributed by atoms with van der Waals surface area (Å²) in [7, 11) is 3.13. The van der Waals surface area contributed by atoms with Gasteiger partial charge in [0.2, 0.25) is 5.91 Å². The number of benzene rings is 2. The van der Waals surface area contributed by atoms with E-state index in [0.29, 0.717) is 22.2 Å². The summed E-state index contributed by atoms with van der Waals surface area (Å²) in [6.45, 7) is 1.85. The molecule has 0 spiro atoms. The second-order valence-corrected chi connectivity index (χ2v) is 6.62. The Hall–Kier alpha value is -1.85. The molecule has 0 aromatic heterocycles. The number of anilines is 1. The van der Waals surface area contributed by atoms with Crippen LogP contribution in [0, 0.1) is 0 Å². The van der Waals surface area contributed by atoms with Crippen LogP contribution in [0.1, 0.15) is 6.92 Å². The number of hydrogen-bond donors (Lipinski definition) is 1. The van der Waals surface area contributed by atoms with Crippen LogP contribution < -0.4 is 14.8 Å². The Kier molecular flexibility index (Phi) is 6.19. The second kappa shape index (κ2) is 8.13. The zero-order valence-corrected chi connectivity index (χ0v) is 14.7. The molecule has 0 aliphatic carbocycles. The minimum atomic E-state index is -0.271. The van der Waals surface area contributed by atoms with Gasteiger partial charge < -0.3 is 14.8 Å². The lowest BCUT2D eigenvalue weighted by molar-refractivity contribution is -0.115. The normalized spacial score (nSPS) is 11.7. The van der Waals surface area contributed by atoms with E-state index in [-0.39, 0.29) is 11.2 Å². The van der Waals surface area contributed by atoms with Crippen LogP contribution in [0.15, 0.2) is 47.4 Å². The molecule has 4 nitrogen and oxygen atoms in total. The molecule has 1 atom stereocenters. The SMILES string of the molecule is COc1ccc(OC)c(NC(=O)[C@H](C)Sc2ccc(Cl)cc2)c1. The molecule has 0 bridgehead atoms. The molecule has 0 aliphatic heterocycles. The first-order chi connectivity index (χ1) is 11.0. The maximum absolute atomic E-state index is 12.4. The van der Waals surface area contributed by atoms with Gasteiger partial charge in [-0.25, -0.2) is 0 Å². The van der Waals surface area contributed by atoms with Crippen molar-refractivity contribution in [3.05, 3.63) is 47.5 Å². The van der Waals surface area contributed by atoms with Gasteiger partial charge in [0, 0.05) is 16.0 Å². The van der Waals surface area contributed by atoms with E-state index < -0.39 is 0 Å². The van der Waals surface area contributed by atoms with Gasteiger partial charge in [-0.05, 0) is 43.3 Å². The standard InChI is InChI=1S/C17H18ClNO3S/c1-11(23-14-7-4-12(18)5-8-14)17(20)19-15-10-13(21-2)6-9-16(15)22-3/h4-11H,1-3H3,(H,19,20)/t11-/m0/s1. The van der Waals surface area contributed by atoms with Gasteiger partial charge in [0.1, 0.15) is 11.5 Å². The first kappa shape index (κ1) is 17.5. The quantitative estimate of drug-likeness (QED) is 0.780. The minimum Gasteiger partial charge on any atom is -0.497 e. The van der Waals surface area contributed by atoms with Gasteiger partial charge in [0.25, 0.3) is 0 Å². The summed E-state index contributed by atoms with van der Waals surface area (Å²) >= 11 is 7.33. The average Bonchev–Trinajstić information content (AvgIpc) is 2.56. The van der Waals surface area contributed by atoms with E-state index >= 15 is 0 Å². The first-order valence-electron chi connectivity index (χ1n) is 6.98. The molecule has 2 aromatic carbocycles. The number of ether oxygens (including phenoxy) is 2. The Morgan fingerprint density at radius 2 is 1.83 bits per heavy atom. The Labute approximate surface area is 145 Å². The number of nitrogens with one attached hydrogen (secondary N) is 1. The third kappa shape index (κ3) is 4.81. The molecule has 0 radical (unpaired) electrons. The fraction of sp³-hybridized carbons (Fsp3) is 0.235. The predicted molar refractivity (Wildman–Crippen MR) is 94.9 cm³/mol. The fourth-order valence-electron chi connectivity index (χ4n) is 1.92. The lowest BCUT2D eigenvalue weighted by atomic mass is 10.2. The van der Waals surface area contributed by atoms with E-state index in [1.807, 2.05) is 19.1 Å². The van der Waals surface area contributed by atoms with Crippen LogP contribution in [0.4, 0.5) is 5.69 Å². The largest absolute Gasteiger partial charge is 0.497 e. The van der Waals surface area contributed by atoms with E-state index in [4.69, 9.17) is 21.1 Å². The summed E-state index contributed by atoms with van der Waals surface area (Å²) < 4.78 is 10.4. The van der Waals surface area contributed by atoms with Crippen LogP contribution in [-0.4, -0.2) is 25.4 Å². The van der Waals surface area contributed by atoms with Crippen molar-refractivity contribution in [3.63, 3.8) is 0 Å². The van der Waals surface area contributed by atoms with Gasteiger partial charge >= 0.3 is 0 Å². The highest BCUT2D eigenvalue weighted by Crippen LogP contribution is 2.30. The van der Waals surface area contributed by atoms with Crippen molar-refractivity contribution >= 4 is 35.0 Å². The van der Waals surface area contributed by atoms with Crippen molar-refractivity contribution in [2.45, 2.75) is 17.1 Å². The summed E-state index contributed by atoms with van der Waals surface area (Å²) in [6, 6.07) is 12.7. The summed E-state index contributed by atoms with van der Waals surface area (Å²) in [6.07, 6.45) is 0. The molecule has 1 amide bonds. The summed E-state index contributed by atoms with van der Waals surface area (Å²) in [5, 5.41) is 3.28. The lowest BCUT2D eigenvalue weighted by Gasteiger charge is -2.15. The number of amides is 1. The zero-order chi connectivity index (χ0) is 16.8. The Morgan fingerprint density at radius 1 is 1.13 bits per heavy atom. The van der Waals surface area contributed by atoms with Crippen LogP contribution >= 0.6 is 23.4 Å². The van der Waals surface area contributed by atoms with Crippen molar-refractivity contribution in [1.82, 2.24) is 0 Å². The molecule has 0 saturated carbocycles. The maximum Gasteiger partial charge on any atom is 0.237 e. The molecule has 122 valence electrons. The highest BCUT2D eigenvalue weighted by molar-refractivity contribution is 8.00. The number of methoxy groups -OCH3 is 2. The second-order valence-electron chi connectivity index (χ2n) is 4.77. The average molecular weight is 352 g/mol. The van der Waals surface area contributed by atoms with Crippen molar-refractivity contribution in [2.24, 2.45) is 0 Å². The molecular weight excluding hydrogens is 334 g/mol. The van der Waals surface area contributed by atoms with Crippen LogP contribution in [0.2, 0.25) is 5.02 Å². The zero-order valence-electron chi connectivity index (χ0n) is 13.1. The van der Waals surface area contributed by atoms with Gasteiger partial charge in [-0.3, -0.25) is 4.79 Å². The molecule has 6 heteroatoms. The molecule has 0 saturated heterocycles. The summed E-state index contributed by atoms with van der Waals surface area (Å²) in [5.41, 5.74) is 0.584. The van der Waals surface area contributed by atoms with E-state index in [2.05, 4.69) is 5.32 Å². The molecule has 0 unspecified atom stereocenters. The fourth-order valence-corrected chi connectivity index (χ4v) is 2.91. The molecule has 0 heterocycles. The number of carbonyl (C=O) groups excluding carboxylic acids is 1. The van der Waals surface area contributed by atoms with Gasteiger partial charge in [-0.15, -0.1) is 11.8 Å². The van der Waals surface area contributed by atoms with E-state index in [1.165, 1.54) is 11.8 Å². The third-order valence-corrected chi connectivity index (χ3v) is 4.52.